The summed E-state index contributed by atoms with van der Waals surface area (Å²) in [5.74, 6) is 0. The summed E-state index contributed by atoms with van der Waals surface area (Å²) < 4.78 is 24.1. The van der Waals surface area contributed by atoms with Gasteiger partial charge in [-0.15, -0.1) is 0 Å². The molecule has 3 rings (SSSR count). The second kappa shape index (κ2) is 6.34. The molecule has 1 aromatic carbocycles. The van der Waals surface area contributed by atoms with Crippen molar-refractivity contribution in [1.82, 2.24) is 9.73 Å². The highest BCUT2D eigenvalue weighted by molar-refractivity contribution is 7.86. The first kappa shape index (κ1) is 17.8. The summed E-state index contributed by atoms with van der Waals surface area (Å²) in [4.78, 5) is 2.33. The Bertz CT molecular complexity index is 724. The highest BCUT2D eigenvalue weighted by atomic mass is 35.5. The van der Waals surface area contributed by atoms with Gasteiger partial charge in [-0.2, -0.15) is 12.7 Å². The van der Waals surface area contributed by atoms with Crippen LogP contribution in [0.2, 0.25) is 5.02 Å². The van der Waals surface area contributed by atoms with Crippen LogP contribution in [0, 0.1) is 12.3 Å². The molecule has 4 N–H and O–H groups in total. The first-order chi connectivity index (χ1) is 11.2. The number of anilines is 2. The monoisotopic (exact) mass is 373 g/mol. The van der Waals surface area contributed by atoms with Gasteiger partial charge < -0.3 is 10.3 Å². The number of hydrazine groups is 1. The molecule has 9 heteroatoms. The number of hydrogen-bond donors (Lipinski definition) is 3. The minimum atomic E-state index is -3.54. The van der Waals surface area contributed by atoms with Crippen molar-refractivity contribution in [1.29, 1.82) is 0 Å². The predicted molar refractivity (Wildman–Crippen MR) is 97.4 cm³/mol. The van der Waals surface area contributed by atoms with Crippen LogP contribution in [0.15, 0.2) is 12.1 Å². The highest BCUT2D eigenvalue weighted by Crippen LogP contribution is 2.43. The molecule has 1 aromatic rings. The van der Waals surface area contributed by atoms with E-state index in [0.29, 0.717) is 18.1 Å². The maximum atomic E-state index is 11.4. The van der Waals surface area contributed by atoms with Gasteiger partial charge >= 0.3 is 0 Å². The summed E-state index contributed by atoms with van der Waals surface area (Å²) in [6, 6.07) is 3.89. The lowest BCUT2D eigenvalue weighted by Gasteiger charge is -2.53. The van der Waals surface area contributed by atoms with Crippen LogP contribution in [0.25, 0.3) is 0 Å². The maximum absolute atomic E-state index is 11.4. The van der Waals surface area contributed by atoms with Crippen LogP contribution in [-0.2, 0) is 10.2 Å². The zero-order valence-corrected chi connectivity index (χ0v) is 15.5. The molecule has 2 heterocycles. The standard InChI is InChI=1S/C15H24ClN5O2S/c1-11-13(19-18-2)7-12(16)8-14(11)20-5-3-15(4-6-20)9-21(10-15)24(17,22)23/h7-8,18-19H,3-6,9-10H2,1-2H3,(H2,17,22,23). The van der Waals surface area contributed by atoms with Crippen LogP contribution in [-0.4, -0.2) is 45.9 Å². The Morgan fingerprint density at radius 2 is 1.88 bits per heavy atom. The summed E-state index contributed by atoms with van der Waals surface area (Å²) in [7, 11) is -1.73. The van der Waals surface area contributed by atoms with E-state index in [-0.39, 0.29) is 5.41 Å². The van der Waals surface area contributed by atoms with E-state index in [1.54, 1.807) is 0 Å². The summed E-state index contributed by atoms with van der Waals surface area (Å²) in [6.07, 6.45) is 1.92. The van der Waals surface area contributed by atoms with E-state index < -0.39 is 10.2 Å². The number of halogens is 1. The number of nitrogens with two attached hydrogens (primary N) is 1. The van der Waals surface area contributed by atoms with Crippen molar-refractivity contribution in [2.45, 2.75) is 19.8 Å². The van der Waals surface area contributed by atoms with Gasteiger partial charge in [0.15, 0.2) is 0 Å². The lowest BCUT2D eigenvalue weighted by molar-refractivity contribution is 0.0437. The quantitative estimate of drug-likeness (QED) is 0.692. The molecule has 2 saturated heterocycles. The Morgan fingerprint density at radius 3 is 2.42 bits per heavy atom. The maximum Gasteiger partial charge on any atom is 0.276 e. The molecule has 0 saturated carbocycles. The number of hydrogen-bond acceptors (Lipinski definition) is 5. The van der Waals surface area contributed by atoms with Crippen LogP contribution < -0.4 is 20.9 Å². The zero-order valence-electron chi connectivity index (χ0n) is 14.0. The third-order valence-electron chi connectivity index (χ3n) is 5.15. The predicted octanol–water partition coefficient (Wildman–Crippen LogP) is 1.30. The second-order valence-corrected chi connectivity index (χ2v) is 8.76. The number of rotatable bonds is 4. The lowest BCUT2D eigenvalue weighted by atomic mass is 9.73. The molecule has 134 valence electrons. The summed E-state index contributed by atoms with van der Waals surface area (Å²) in [5, 5.41) is 5.88. The van der Waals surface area contributed by atoms with Gasteiger partial charge in [0.25, 0.3) is 10.2 Å². The highest BCUT2D eigenvalue weighted by Gasteiger charge is 2.48. The van der Waals surface area contributed by atoms with Gasteiger partial charge in [-0.05, 0) is 37.5 Å². The molecule has 24 heavy (non-hydrogen) atoms. The fourth-order valence-electron chi connectivity index (χ4n) is 3.68. The van der Waals surface area contributed by atoms with Gasteiger partial charge in [-0.3, -0.25) is 0 Å². The van der Waals surface area contributed by atoms with Gasteiger partial charge in [0.1, 0.15) is 0 Å². The van der Waals surface area contributed by atoms with Gasteiger partial charge in [-0.25, -0.2) is 10.6 Å². The average molecular weight is 374 g/mol. The largest absolute Gasteiger partial charge is 0.371 e. The summed E-state index contributed by atoms with van der Waals surface area (Å²) in [6.45, 7) is 4.93. The first-order valence-corrected chi connectivity index (χ1v) is 9.88. The molecule has 0 aliphatic carbocycles. The van der Waals surface area contributed by atoms with E-state index in [0.717, 1.165) is 42.9 Å². The number of nitrogens with zero attached hydrogens (tertiary/aromatic N) is 2. The molecular weight excluding hydrogens is 350 g/mol. The normalized spacial score (nSPS) is 20.9. The molecule has 0 bridgehead atoms. The van der Waals surface area contributed by atoms with Gasteiger partial charge in [0.2, 0.25) is 0 Å². The van der Waals surface area contributed by atoms with Crippen LogP contribution in [0.3, 0.4) is 0 Å². The van der Waals surface area contributed by atoms with Crippen LogP contribution in [0.4, 0.5) is 11.4 Å². The Kier molecular flexibility index (Phi) is 4.69. The summed E-state index contributed by atoms with van der Waals surface area (Å²) in [5.41, 5.74) is 9.35. The molecule has 0 unspecified atom stereocenters. The average Bonchev–Trinajstić information content (AvgIpc) is 2.47. The van der Waals surface area contributed by atoms with Crippen LogP contribution in [0.5, 0.6) is 0 Å². The van der Waals surface area contributed by atoms with Crippen LogP contribution >= 0.6 is 11.6 Å². The zero-order chi connectivity index (χ0) is 17.5. The van der Waals surface area contributed by atoms with Crippen molar-refractivity contribution < 1.29 is 8.42 Å². The number of nitrogens with one attached hydrogen (secondary N) is 2. The van der Waals surface area contributed by atoms with E-state index in [1.165, 1.54) is 4.31 Å². The van der Waals surface area contributed by atoms with Gasteiger partial charge in [-0.1, -0.05) is 11.6 Å². The number of piperidine rings is 1. The van der Waals surface area contributed by atoms with Gasteiger partial charge in [0, 0.05) is 49.4 Å². The smallest absolute Gasteiger partial charge is 0.276 e. The van der Waals surface area contributed by atoms with E-state index in [1.807, 2.05) is 19.2 Å². The molecule has 2 fully saturated rings. The minimum Gasteiger partial charge on any atom is -0.371 e. The molecule has 2 aliphatic heterocycles. The fourth-order valence-corrected chi connectivity index (χ4v) is 4.80. The van der Waals surface area contributed by atoms with Crippen LogP contribution in [0.1, 0.15) is 18.4 Å². The lowest BCUT2D eigenvalue weighted by Crippen LogP contribution is -2.63. The molecule has 0 amide bonds. The van der Waals surface area contributed by atoms with Crippen molar-refractivity contribution in [3.05, 3.63) is 22.7 Å². The molecule has 0 atom stereocenters. The molecule has 7 nitrogen and oxygen atoms in total. The van der Waals surface area contributed by atoms with E-state index >= 15 is 0 Å². The molecule has 0 aromatic heterocycles. The molecule has 0 radical (unpaired) electrons. The fraction of sp³-hybridized carbons (Fsp3) is 0.600. The Labute approximate surface area is 148 Å². The van der Waals surface area contributed by atoms with E-state index in [2.05, 4.69) is 22.7 Å². The van der Waals surface area contributed by atoms with Crippen molar-refractivity contribution in [3.63, 3.8) is 0 Å². The SMILES string of the molecule is CNNc1cc(Cl)cc(N2CCC3(CC2)CN(S(N)(=O)=O)C3)c1C. The van der Waals surface area contributed by atoms with E-state index in [9.17, 15) is 8.42 Å². The Hall–Kier alpha value is -1.06. The van der Waals surface area contributed by atoms with E-state index in [4.69, 9.17) is 16.7 Å². The molecule has 1 spiro atoms. The molecule has 2 aliphatic rings. The third kappa shape index (κ3) is 3.34. The second-order valence-electron chi connectivity index (χ2n) is 6.77. The minimum absolute atomic E-state index is 0.0848. The van der Waals surface area contributed by atoms with Crippen molar-refractivity contribution in [2.75, 3.05) is 43.6 Å². The first-order valence-electron chi connectivity index (χ1n) is 8.00. The topological polar surface area (TPSA) is 90.7 Å². The van der Waals surface area contributed by atoms with Crippen molar-refractivity contribution in [3.8, 4) is 0 Å². The Morgan fingerprint density at radius 1 is 1.25 bits per heavy atom. The van der Waals surface area contributed by atoms with Crippen molar-refractivity contribution in [2.24, 2.45) is 10.6 Å². The summed E-state index contributed by atoms with van der Waals surface area (Å²) >= 11 is 6.26. The molecular formula is C15H24ClN5O2S. The van der Waals surface area contributed by atoms with Crippen molar-refractivity contribution >= 4 is 33.2 Å². The third-order valence-corrected chi connectivity index (χ3v) is 6.35. The number of benzene rings is 1. The Balaban J connectivity index is 1.70. The van der Waals surface area contributed by atoms with Gasteiger partial charge in [0.05, 0.1) is 5.69 Å².